The first kappa shape index (κ1) is 11.6. The second-order valence-corrected chi connectivity index (χ2v) is 3.44. The third kappa shape index (κ3) is 2.81. The molecule has 1 aliphatic heterocycles. The fourth-order valence-corrected chi connectivity index (χ4v) is 1.51. The molecule has 0 atom stereocenters. The largest absolute Gasteiger partial charge is 0.489 e. The molecule has 1 aliphatic rings. The number of allylic oxidation sites excluding steroid dienone is 1. The highest BCUT2D eigenvalue weighted by Gasteiger charge is 2.17. The van der Waals surface area contributed by atoms with Gasteiger partial charge in [-0.3, -0.25) is 4.79 Å². The minimum Gasteiger partial charge on any atom is -0.489 e. The maximum absolute atomic E-state index is 11.9. The Hall–Kier alpha value is -1.91. The Bertz CT molecular complexity index is 438. The number of carbonyl (C=O) groups excluding carboxylic acids is 1. The van der Waals surface area contributed by atoms with E-state index in [0.29, 0.717) is 24.4 Å². The molecule has 0 unspecified atom stereocenters. The standard InChI is InChI=1S/C12H10F2O3/c13-12(14)17-9-5-3-8(4-6-9)11(15)10-2-1-7-16-10/h2-6,12H,1,7H2. The number of ether oxygens (including phenoxy) is 2. The minimum absolute atomic E-state index is 0.0258. The quantitative estimate of drug-likeness (QED) is 0.759. The summed E-state index contributed by atoms with van der Waals surface area (Å²) in [5.74, 6) is 0.0940. The fourth-order valence-electron chi connectivity index (χ4n) is 1.51. The Morgan fingerprint density at radius 3 is 2.53 bits per heavy atom. The van der Waals surface area contributed by atoms with Crippen LogP contribution in [0.2, 0.25) is 0 Å². The average Bonchev–Trinajstić information content (AvgIpc) is 2.82. The van der Waals surface area contributed by atoms with Gasteiger partial charge in [0.15, 0.2) is 5.76 Å². The highest BCUT2D eigenvalue weighted by Crippen LogP contribution is 2.19. The van der Waals surface area contributed by atoms with E-state index < -0.39 is 6.61 Å². The predicted octanol–water partition coefficient (Wildman–Crippen LogP) is 2.77. The van der Waals surface area contributed by atoms with E-state index in [1.54, 1.807) is 6.08 Å². The number of halogens is 2. The molecule has 0 fully saturated rings. The van der Waals surface area contributed by atoms with Crippen LogP contribution in [0.25, 0.3) is 0 Å². The van der Waals surface area contributed by atoms with Crippen molar-refractivity contribution in [2.75, 3.05) is 6.61 Å². The Labute approximate surface area is 96.6 Å². The lowest BCUT2D eigenvalue weighted by atomic mass is 10.1. The monoisotopic (exact) mass is 240 g/mol. The predicted molar refractivity (Wildman–Crippen MR) is 56.1 cm³/mol. The van der Waals surface area contributed by atoms with E-state index in [2.05, 4.69) is 4.74 Å². The Morgan fingerprint density at radius 2 is 2.00 bits per heavy atom. The van der Waals surface area contributed by atoms with Crippen molar-refractivity contribution in [1.82, 2.24) is 0 Å². The molecular formula is C12H10F2O3. The number of hydrogen-bond donors (Lipinski definition) is 0. The maximum Gasteiger partial charge on any atom is 0.387 e. The molecule has 0 radical (unpaired) electrons. The Morgan fingerprint density at radius 1 is 1.29 bits per heavy atom. The van der Waals surface area contributed by atoms with Crippen molar-refractivity contribution in [3.05, 3.63) is 41.7 Å². The van der Waals surface area contributed by atoms with Crippen molar-refractivity contribution < 1.29 is 23.0 Å². The van der Waals surface area contributed by atoms with Crippen LogP contribution < -0.4 is 4.74 Å². The Kier molecular flexibility index (Phi) is 3.37. The van der Waals surface area contributed by atoms with Crippen molar-refractivity contribution in [2.24, 2.45) is 0 Å². The molecule has 1 aromatic carbocycles. The van der Waals surface area contributed by atoms with Crippen molar-refractivity contribution in [3.63, 3.8) is 0 Å². The minimum atomic E-state index is -2.86. The molecule has 5 heteroatoms. The normalized spacial score (nSPS) is 14.4. The molecule has 0 N–H and O–H groups in total. The molecule has 0 saturated carbocycles. The van der Waals surface area contributed by atoms with Crippen LogP contribution in [0.4, 0.5) is 8.78 Å². The first-order chi connectivity index (χ1) is 8.16. The maximum atomic E-state index is 11.9. The van der Waals surface area contributed by atoms with Gasteiger partial charge in [-0.15, -0.1) is 0 Å². The molecule has 0 spiro atoms. The summed E-state index contributed by atoms with van der Waals surface area (Å²) in [6.07, 6.45) is 2.43. The molecule has 1 aromatic rings. The average molecular weight is 240 g/mol. The number of Topliss-reactive ketones (excluding diaryl/α,β-unsaturated/α-hetero) is 1. The molecule has 2 rings (SSSR count). The zero-order valence-corrected chi connectivity index (χ0v) is 8.86. The van der Waals surface area contributed by atoms with Crippen LogP contribution in [0.3, 0.4) is 0 Å². The third-order valence-electron chi connectivity index (χ3n) is 2.27. The summed E-state index contributed by atoms with van der Waals surface area (Å²) in [4.78, 5) is 11.8. The van der Waals surface area contributed by atoms with E-state index in [-0.39, 0.29) is 11.5 Å². The van der Waals surface area contributed by atoms with Gasteiger partial charge in [-0.25, -0.2) is 0 Å². The van der Waals surface area contributed by atoms with Crippen LogP contribution in [0.15, 0.2) is 36.1 Å². The molecule has 0 amide bonds. The highest BCUT2D eigenvalue weighted by molar-refractivity contribution is 6.07. The van der Waals surface area contributed by atoms with E-state index in [1.807, 2.05) is 0 Å². The fraction of sp³-hybridized carbons (Fsp3) is 0.250. The molecule has 0 saturated heterocycles. The molecule has 1 heterocycles. The lowest BCUT2D eigenvalue weighted by molar-refractivity contribution is -0.0498. The number of rotatable bonds is 4. The molecular weight excluding hydrogens is 230 g/mol. The van der Waals surface area contributed by atoms with Gasteiger partial charge in [-0.05, 0) is 30.3 Å². The molecule has 17 heavy (non-hydrogen) atoms. The van der Waals surface area contributed by atoms with Crippen LogP contribution in [0.1, 0.15) is 16.8 Å². The van der Waals surface area contributed by atoms with Gasteiger partial charge in [0.1, 0.15) is 5.75 Å². The van der Waals surface area contributed by atoms with Gasteiger partial charge in [-0.2, -0.15) is 8.78 Å². The second kappa shape index (κ2) is 4.95. The topological polar surface area (TPSA) is 35.5 Å². The van der Waals surface area contributed by atoms with Crippen LogP contribution in [0, 0.1) is 0 Å². The summed E-state index contributed by atoms with van der Waals surface area (Å²) in [7, 11) is 0. The van der Waals surface area contributed by atoms with Gasteiger partial charge in [0.25, 0.3) is 0 Å². The second-order valence-electron chi connectivity index (χ2n) is 3.44. The van der Waals surface area contributed by atoms with Crippen molar-refractivity contribution in [1.29, 1.82) is 0 Å². The van der Waals surface area contributed by atoms with Crippen molar-refractivity contribution in [3.8, 4) is 5.75 Å². The van der Waals surface area contributed by atoms with Crippen LogP contribution in [-0.4, -0.2) is 19.0 Å². The van der Waals surface area contributed by atoms with Crippen LogP contribution >= 0.6 is 0 Å². The summed E-state index contributed by atoms with van der Waals surface area (Å²) in [5, 5.41) is 0. The lowest BCUT2D eigenvalue weighted by Crippen LogP contribution is -2.05. The van der Waals surface area contributed by atoms with Gasteiger partial charge in [0.2, 0.25) is 5.78 Å². The molecule has 3 nitrogen and oxygen atoms in total. The number of alkyl halides is 2. The van der Waals surface area contributed by atoms with E-state index in [1.165, 1.54) is 24.3 Å². The van der Waals surface area contributed by atoms with E-state index in [9.17, 15) is 13.6 Å². The van der Waals surface area contributed by atoms with Crippen LogP contribution in [0.5, 0.6) is 5.75 Å². The molecule has 0 aliphatic carbocycles. The zero-order chi connectivity index (χ0) is 12.3. The summed E-state index contributed by atoms with van der Waals surface area (Å²) in [6.45, 7) is -2.36. The van der Waals surface area contributed by atoms with Gasteiger partial charge in [-0.1, -0.05) is 0 Å². The first-order valence-corrected chi connectivity index (χ1v) is 5.09. The van der Waals surface area contributed by atoms with E-state index in [4.69, 9.17) is 4.74 Å². The molecule has 0 aromatic heterocycles. The van der Waals surface area contributed by atoms with E-state index >= 15 is 0 Å². The third-order valence-corrected chi connectivity index (χ3v) is 2.27. The van der Waals surface area contributed by atoms with Crippen molar-refractivity contribution >= 4 is 5.78 Å². The molecule has 0 bridgehead atoms. The van der Waals surface area contributed by atoms with E-state index in [0.717, 1.165) is 0 Å². The zero-order valence-electron chi connectivity index (χ0n) is 8.86. The highest BCUT2D eigenvalue weighted by atomic mass is 19.3. The summed E-state index contributed by atoms with van der Waals surface area (Å²) < 4.78 is 33.1. The summed E-state index contributed by atoms with van der Waals surface area (Å²) >= 11 is 0. The first-order valence-electron chi connectivity index (χ1n) is 5.09. The van der Waals surface area contributed by atoms with Gasteiger partial charge in [0, 0.05) is 12.0 Å². The summed E-state index contributed by atoms with van der Waals surface area (Å²) in [6, 6.07) is 5.52. The van der Waals surface area contributed by atoms with Gasteiger partial charge >= 0.3 is 6.61 Å². The smallest absolute Gasteiger partial charge is 0.387 e. The van der Waals surface area contributed by atoms with Crippen molar-refractivity contribution in [2.45, 2.75) is 13.0 Å². The molecule has 90 valence electrons. The SMILES string of the molecule is O=C(C1=CCCO1)c1ccc(OC(F)F)cc1. The number of hydrogen-bond acceptors (Lipinski definition) is 3. The van der Waals surface area contributed by atoms with Crippen LogP contribution in [-0.2, 0) is 4.74 Å². The Balaban J connectivity index is 2.09. The van der Waals surface area contributed by atoms with Gasteiger partial charge in [0.05, 0.1) is 6.61 Å². The summed E-state index contributed by atoms with van der Waals surface area (Å²) in [5.41, 5.74) is 0.389. The number of carbonyl (C=O) groups is 1. The number of ketones is 1. The lowest BCUT2D eigenvalue weighted by Gasteiger charge is -2.06. The van der Waals surface area contributed by atoms with Gasteiger partial charge < -0.3 is 9.47 Å². The number of benzene rings is 1.